The van der Waals surface area contributed by atoms with E-state index >= 15 is 0 Å². The topological polar surface area (TPSA) is 64.2 Å². The van der Waals surface area contributed by atoms with Crippen LogP contribution >= 0.6 is 11.3 Å². The molecule has 3 heterocycles. The Morgan fingerprint density at radius 2 is 2.00 bits per heavy atom. The summed E-state index contributed by atoms with van der Waals surface area (Å²) >= 11 is 1.57. The van der Waals surface area contributed by atoms with Gasteiger partial charge in [0.25, 0.3) is 0 Å². The second kappa shape index (κ2) is 8.45. The molecule has 3 aromatic heterocycles. The minimum Gasteiger partial charge on any atom is -0.440 e. The molecule has 29 heavy (non-hydrogen) atoms. The van der Waals surface area contributed by atoms with Crippen molar-refractivity contribution in [1.29, 1.82) is 0 Å². The highest BCUT2D eigenvalue weighted by Crippen LogP contribution is 2.26. The fourth-order valence-corrected chi connectivity index (χ4v) is 3.73. The second-order valence-electron chi connectivity index (χ2n) is 6.96. The molecule has 0 saturated heterocycles. The summed E-state index contributed by atoms with van der Waals surface area (Å²) in [6.07, 6.45) is 4.01. The van der Waals surface area contributed by atoms with Gasteiger partial charge in [-0.3, -0.25) is 9.48 Å². The molecule has 0 aliphatic carbocycles. The molecule has 0 unspecified atom stereocenters. The third-order valence-corrected chi connectivity index (χ3v) is 5.52. The Morgan fingerprint density at radius 3 is 2.76 bits per heavy atom. The molecule has 0 radical (unpaired) electrons. The molecule has 1 aromatic carbocycles. The van der Waals surface area contributed by atoms with Gasteiger partial charge in [-0.1, -0.05) is 36.4 Å². The molecular formula is C22H22N4O2S. The lowest BCUT2D eigenvalue weighted by Gasteiger charge is -2.15. The van der Waals surface area contributed by atoms with Crippen LogP contribution in [-0.2, 0) is 24.3 Å². The van der Waals surface area contributed by atoms with Crippen LogP contribution in [-0.4, -0.2) is 32.6 Å². The molecule has 0 aliphatic rings. The maximum Gasteiger partial charge on any atom is 0.236 e. The lowest BCUT2D eigenvalue weighted by Crippen LogP contribution is -2.27. The van der Waals surface area contributed by atoms with Crippen LogP contribution in [0.5, 0.6) is 0 Å². The van der Waals surface area contributed by atoms with Crippen LogP contribution in [0.15, 0.2) is 64.7 Å². The molecular weight excluding hydrogens is 384 g/mol. The summed E-state index contributed by atoms with van der Waals surface area (Å²) in [5.41, 5.74) is 2.87. The molecule has 0 fully saturated rings. The lowest BCUT2D eigenvalue weighted by molar-refractivity contribution is -0.129. The standard InChI is InChI=1S/C22H22N4O2S/c1-16-19(24-22(28-16)20-9-6-10-29-20)11-21(27)25(2)13-18-12-23-26(15-18)14-17-7-4-3-5-8-17/h3-10,12,15H,11,13-14H2,1-2H3. The van der Waals surface area contributed by atoms with E-state index < -0.39 is 0 Å². The number of amides is 1. The third kappa shape index (κ3) is 4.63. The quantitative estimate of drug-likeness (QED) is 0.462. The summed E-state index contributed by atoms with van der Waals surface area (Å²) in [6, 6.07) is 14.1. The average molecular weight is 407 g/mol. The van der Waals surface area contributed by atoms with Crippen LogP contribution in [0.25, 0.3) is 10.8 Å². The average Bonchev–Trinajstić information content (AvgIpc) is 3.45. The van der Waals surface area contributed by atoms with E-state index in [0.717, 1.165) is 10.4 Å². The summed E-state index contributed by atoms with van der Waals surface area (Å²) in [6.45, 7) is 3.06. The summed E-state index contributed by atoms with van der Waals surface area (Å²) in [7, 11) is 1.80. The van der Waals surface area contributed by atoms with Crippen LogP contribution in [0.2, 0.25) is 0 Å². The van der Waals surface area contributed by atoms with Gasteiger partial charge in [0.05, 0.1) is 29.7 Å². The van der Waals surface area contributed by atoms with Gasteiger partial charge < -0.3 is 9.32 Å². The number of rotatable bonds is 7. The number of thiophene rings is 1. The Bertz CT molecular complexity index is 1080. The molecule has 6 nitrogen and oxygen atoms in total. The van der Waals surface area contributed by atoms with E-state index in [2.05, 4.69) is 22.2 Å². The molecule has 148 valence electrons. The van der Waals surface area contributed by atoms with Crippen molar-refractivity contribution in [3.05, 3.63) is 82.8 Å². The smallest absolute Gasteiger partial charge is 0.236 e. The van der Waals surface area contributed by atoms with E-state index in [1.165, 1.54) is 5.56 Å². The maximum atomic E-state index is 12.7. The maximum absolute atomic E-state index is 12.7. The molecule has 0 N–H and O–H groups in total. The van der Waals surface area contributed by atoms with Crippen molar-refractivity contribution in [2.24, 2.45) is 0 Å². The predicted molar refractivity (Wildman–Crippen MR) is 113 cm³/mol. The van der Waals surface area contributed by atoms with Gasteiger partial charge in [0, 0.05) is 25.4 Å². The van der Waals surface area contributed by atoms with Gasteiger partial charge in [-0.05, 0) is 23.9 Å². The highest BCUT2D eigenvalue weighted by Gasteiger charge is 2.18. The largest absolute Gasteiger partial charge is 0.440 e. The summed E-state index contributed by atoms with van der Waals surface area (Å²) in [4.78, 5) is 19.9. The summed E-state index contributed by atoms with van der Waals surface area (Å²) < 4.78 is 7.62. The zero-order valence-electron chi connectivity index (χ0n) is 16.4. The molecule has 0 atom stereocenters. The van der Waals surface area contributed by atoms with E-state index in [1.807, 2.05) is 59.7 Å². The Labute approximate surface area is 173 Å². The Balaban J connectivity index is 1.37. The first kappa shape index (κ1) is 19.1. The molecule has 0 aliphatic heterocycles. The van der Waals surface area contributed by atoms with E-state index in [-0.39, 0.29) is 12.3 Å². The van der Waals surface area contributed by atoms with E-state index in [4.69, 9.17) is 4.42 Å². The number of aryl methyl sites for hydroxylation is 1. The Hall–Kier alpha value is -3.19. The first-order valence-electron chi connectivity index (χ1n) is 9.38. The third-order valence-electron chi connectivity index (χ3n) is 4.66. The number of hydrogen-bond acceptors (Lipinski definition) is 5. The first-order chi connectivity index (χ1) is 14.1. The Kier molecular flexibility index (Phi) is 5.57. The van der Waals surface area contributed by atoms with E-state index in [0.29, 0.717) is 30.4 Å². The van der Waals surface area contributed by atoms with Gasteiger partial charge in [0.15, 0.2) is 0 Å². The number of carbonyl (C=O) groups is 1. The molecule has 7 heteroatoms. The molecule has 4 aromatic rings. The van der Waals surface area contributed by atoms with Crippen molar-refractivity contribution in [1.82, 2.24) is 19.7 Å². The second-order valence-corrected chi connectivity index (χ2v) is 7.91. The van der Waals surface area contributed by atoms with Gasteiger partial charge in [0.1, 0.15) is 5.76 Å². The highest BCUT2D eigenvalue weighted by atomic mass is 32.1. The molecule has 1 amide bonds. The number of hydrogen-bond donors (Lipinski definition) is 0. The Morgan fingerprint density at radius 1 is 1.17 bits per heavy atom. The number of aromatic nitrogens is 3. The van der Waals surface area contributed by atoms with Gasteiger partial charge >= 0.3 is 0 Å². The summed E-state index contributed by atoms with van der Waals surface area (Å²) in [5, 5.41) is 6.38. The number of benzene rings is 1. The normalized spacial score (nSPS) is 11.0. The monoisotopic (exact) mass is 406 g/mol. The fraction of sp³-hybridized carbons (Fsp3) is 0.227. The number of carbonyl (C=O) groups excluding carboxylic acids is 1. The van der Waals surface area contributed by atoms with Crippen molar-refractivity contribution >= 4 is 17.2 Å². The van der Waals surface area contributed by atoms with Crippen molar-refractivity contribution < 1.29 is 9.21 Å². The summed E-state index contributed by atoms with van der Waals surface area (Å²) in [5.74, 6) is 1.26. The van der Waals surface area contributed by atoms with Crippen LogP contribution in [0.1, 0.15) is 22.6 Å². The van der Waals surface area contributed by atoms with Gasteiger partial charge in [-0.2, -0.15) is 5.10 Å². The molecule has 0 spiro atoms. The van der Waals surface area contributed by atoms with Gasteiger partial charge in [-0.15, -0.1) is 11.3 Å². The van der Waals surface area contributed by atoms with Gasteiger partial charge in [0.2, 0.25) is 11.8 Å². The number of likely N-dealkylation sites (N-methyl/N-ethyl adjacent to an activating group) is 1. The van der Waals surface area contributed by atoms with Crippen LogP contribution in [0.4, 0.5) is 0 Å². The highest BCUT2D eigenvalue weighted by molar-refractivity contribution is 7.13. The molecule has 0 bridgehead atoms. The SMILES string of the molecule is Cc1oc(-c2cccs2)nc1CC(=O)N(C)Cc1cnn(Cc2ccccc2)c1. The van der Waals surface area contributed by atoms with Crippen molar-refractivity contribution in [3.63, 3.8) is 0 Å². The zero-order valence-corrected chi connectivity index (χ0v) is 17.2. The molecule has 0 saturated carbocycles. The van der Waals surface area contributed by atoms with Crippen LogP contribution in [0, 0.1) is 6.92 Å². The molecule has 4 rings (SSSR count). The van der Waals surface area contributed by atoms with Crippen molar-refractivity contribution in [2.45, 2.75) is 26.4 Å². The van der Waals surface area contributed by atoms with E-state index in [9.17, 15) is 4.79 Å². The minimum atomic E-state index is -0.00469. The van der Waals surface area contributed by atoms with Crippen molar-refractivity contribution in [2.75, 3.05) is 7.05 Å². The van der Waals surface area contributed by atoms with Crippen molar-refractivity contribution in [3.8, 4) is 10.8 Å². The van der Waals surface area contributed by atoms with E-state index in [1.54, 1.807) is 23.3 Å². The van der Waals surface area contributed by atoms with Crippen LogP contribution < -0.4 is 0 Å². The van der Waals surface area contributed by atoms with Crippen LogP contribution in [0.3, 0.4) is 0 Å². The first-order valence-corrected chi connectivity index (χ1v) is 10.3. The lowest BCUT2D eigenvalue weighted by atomic mass is 10.2. The minimum absolute atomic E-state index is 0.00469. The number of oxazole rings is 1. The predicted octanol–water partition coefficient (Wildman–Crippen LogP) is 4.16. The van der Waals surface area contributed by atoms with Gasteiger partial charge in [-0.25, -0.2) is 4.98 Å². The number of nitrogens with zero attached hydrogens (tertiary/aromatic N) is 4. The fourth-order valence-electron chi connectivity index (χ4n) is 3.08. The zero-order chi connectivity index (χ0) is 20.2.